The quantitative estimate of drug-likeness (QED) is 0.328. The van der Waals surface area contributed by atoms with Crippen molar-refractivity contribution in [3.63, 3.8) is 0 Å². The molecule has 0 aliphatic rings. The fourth-order valence-corrected chi connectivity index (χ4v) is 3.48. The number of aromatic amines is 1. The van der Waals surface area contributed by atoms with Crippen molar-refractivity contribution in [3.8, 4) is 5.75 Å². The summed E-state index contributed by atoms with van der Waals surface area (Å²) in [6.45, 7) is 0. The molecule has 0 bridgehead atoms. The maximum atomic E-state index is 13.1. The number of phenolic OH excluding ortho intramolecular Hbond substituents is 1. The number of rotatable bonds is 4. The van der Waals surface area contributed by atoms with Crippen molar-refractivity contribution >= 4 is 45.1 Å². The zero-order valence-electron chi connectivity index (χ0n) is 14.4. The lowest BCUT2D eigenvalue weighted by Crippen LogP contribution is -2.01. The van der Waals surface area contributed by atoms with Crippen LogP contribution in [0.3, 0.4) is 0 Å². The van der Waals surface area contributed by atoms with Crippen LogP contribution in [0.25, 0.3) is 10.8 Å². The molecule has 8 heteroatoms. The molecule has 28 heavy (non-hydrogen) atoms. The highest BCUT2D eigenvalue weighted by atomic mass is 79.9. The lowest BCUT2D eigenvalue weighted by atomic mass is 10.0. The minimum Gasteiger partial charge on any atom is -0.507 e. The van der Waals surface area contributed by atoms with E-state index in [0.717, 1.165) is 20.8 Å². The zero-order chi connectivity index (χ0) is 19.7. The van der Waals surface area contributed by atoms with E-state index in [4.69, 9.17) is 12.2 Å². The molecule has 0 amide bonds. The first-order valence-electron chi connectivity index (χ1n) is 8.37. The number of aromatic nitrogens is 3. The molecule has 140 valence electrons. The maximum absolute atomic E-state index is 13.1. The van der Waals surface area contributed by atoms with Crippen LogP contribution in [0, 0.1) is 10.6 Å². The highest BCUT2D eigenvalue weighted by Crippen LogP contribution is 2.28. The Kier molecular flexibility index (Phi) is 5.06. The van der Waals surface area contributed by atoms with Gasteiger partial charge in [-0.1, -0.05) is 40.2 Å². The maximum Gasteiger partial charge on any atom is 0.216 e. The van der Waals surface area contributed by atoms with E-state index in [-0.39, 0.29) is 11.6 Å². The minimum absolute atomic E-state index is 0.119. The summed E-state index contributed by atoms with van der Waals surface area (Å²) >= 11 is 8.72. The molecular weight excluding hydrogens is 443 g/mol. The molecule has 0 unspecified atom stereocenters. The van der Waals surface area contributed by atoms with Gasteiger partial charge in [-0.05, 0) is 58.9 Å². The lowest BCUT2D eigenvalue weighted by Gasteiger charge is -2.06. The summed E-state index contributed by atoms with van der Waals surface area (Å²) in [5, 5.41) is 23.5. The molecule has 5 nitrogen and oxygen atoms in total. The number of halogens is 2. The van der Waals surface area contributed by atoms with Crippen LogP contribution in [-0.4, -0.2) is 26.2 Å². The van der Waals surface area contributed by atoms with Gasteiger partial charge in [0.1, 0.15) is 11.6 Å². The lowest BCUT2D eigenvalue weighted by molar-refractivity contribution is 0.475. The highest BCUT2D eigenvalue weighted by Gasteiger charge is 2.09. The first-order chi connectivity index (χ1) is 13.5. The van der Waals surface area contributed by atoms with Crippen LogP contribution >= 0.6 is 28.1 Å². The number of phenols is 1. The van der Waals surface area contributed by atoms with Gasteiger partial charge in [0.15, 0.2) is 5.82 Å². The van der Waals surface area contributed by atoms with Gasteiger partial charge in [-0.25, -0.2) is 4.39 Å². The molecule has 0 spiro atoms. The third-order valence-electron chi connectivity index (χ3n) is 4.30. The van der Waals surface area contributed by atoms with Gasteiger partial charge in [0.05, 0.1) is 6.21 Å². The molecule has 2 N–H and O–H groups in total. The number of benzene rings is 3. The molecule has 0 aliphatic carbocycles. The van der Waals surface area contributed by atoms with E-state index in [0.29, 0.717) is 22.6 Å². The average molecular weight is 457 g/mol. The summed E-state index contributed by atoms with van der Waals surface area (Å²) in [6, 6.07) is 15.4. The second-order valence-electron chi connectivity index (χ2n) is 6.17. The molecule has 4 rings (SSSR count). The van der Waals surface area contributed by atoms with Crippen LogP contribution < -0.4 is 0 Å². The number of aromatic hydroxyl groups is 1. The first-order valence-corrected chi connectivity index (χ1v) is 9.58. The third-order valence-corrected chi connectivity index (χ3v) is 5.05. The molecule has 0 saturated heterocycles. The Morgan fingerprint density at radius 2 is 1.96 bits per heavy atom. The Hall–Kier alpha value is -2.84. The Morgan fingerprint density at radius 1 is 1.18 bits per heavy atom. The monoisotopic (exact) mass is 456 g/mol. The van der Waals surface area contributed by atoms with Crippen molar-refractivity contribution in [2.45, 2.75) is 6.42 Å². The molecule has 0 radical (unpaired) electrons. The summed E-state index contributed by atoms with van der Waals surface area (Å²) < 4.78 is 15.9. The molecule has 0 saturated carbocycles. The minimum atomic E-state index is -0.293. The fourth-order valence-electron chi connectivity index (χ4n) is 2.91. The van der Waals surface area contributed by atoms with Gasteiger partial charge in [0.25, 0.3) is 0 Å². The zero-order valence-corrected chi connectivity index (χ0v) is 16.8. The van der Waals surface area contributed by atoms with Crippen molar-refractivity contribution in [2.75, 3.05) is 0 Å². The topological polar surface area (TPSA) is 66.2 Å². The fraction of sp³-hybridized carbons (Fsp3) is 0.0500. The Labute approximate surface area is 173 Å². The van der Waals surface area contributed by atoms with Gasteiger partial charge >= 0.3 is 0 Å². The van der Waals surface area contributed by atoms with Crippen molar-refractivity contribution in [2.24, 2.45) is 5.10 Å². The second-order valence-corrected chi connectivity index (χ2v) is 7.47. The number of nitrogens with one attached hydrogen (secondary N) is 1. The molecule has 1 aromatic heterocycles. The highest BCUT2D eigenvalue weighted by molar-refractivity contribution is 9.10. The van der Waals surface area contributed by atoms with Gasteiger partial charge in [0.2, 0.25) is 4.77 Å². The van der Waals surface area contributed by atoms with Gasteiger partial charge < -0.3 is 5.11 Å². The Morgan fingerprint density at radius 3 is 2.75 bits per heavy atom. The van der Waals surface area contributed by atoms with Crippen LogP contribution in [0.2, 0.25) is 0 Å². The number of nitrogens with zero attached hydrogens (tertiary/aromatic N) is 3. The molecular formula is C20H14BrFN4OS. The number of H-pyrrole nitrogens is 1. The summed E-state index contributed by atoms with van der Waals surface area (Å²) in [5.74, 6) is 0.405. The van der Waals surface area contributed by atoms with Crippen molar-refractivity contribution < 1.29 is 9.50 Å². The third kappa shape index (κ3) is 3.74. The van der Waals surface area contributed by atoms with E-state index >= 15 is 0 Å². The predicted octanol–water partition coefficient (Wildman–Crippen LogP) is 5.17. The van der Waals surface area contributed by atoms with Gasteiger partial charge in [-0.2, -0.15) is 14.9 Å². The molecule has 3 aromatic carbocycles. The van der Waals surface area contributed by atoms with E-state index in [1.165, 1.54) is 16.8 Å². The van der Waals surface area contributed by atoms with Crippen LogP contribution in [0.4, 0.5) is 4.39 Å². The van der Waals surface area contributed by atoms with E-state index < -0.39 is 0 Å². The molecule has 1 heterocycles. The molecule has 0 atom stereocenters. The van der Waals surface area contributed by atoms with Crippen molar-refractivity contribution in [3.05, 3.63) is 86.6 Å². The predicted molar refractivity (Wildman–Crippen MR) is 113 cm³/mol. The Bertz CT molecular complexity index is 1250. The number of fused-ring (bicyclic) bond motifs is 1. The number of hydrogen-bond donors (Lipinski definition) is 2. The van der Waals surface area contributed by atoms with Crippen LogP contribution in [0.15, 0.2) is 64.2 Å². The van der Waals surface area contributed by atoms with E-state index in [9.17, 15) is 9.50 Å². The smallest absolute Gasteiger partial charge is 0.216 e. The van der Waals surface area contributed by atoms with E-state index in [1.807, 2.05) is 24.3 Å². The molecule has 4 aromatic rings. The van der Waals surface area contributed by atoms with Crippen LogP contribution in [0.5, 0.6) is 5.75 Å². The van der Waals surface area contributed by atoms with E-state index in [1.54, 1.807) is 24.4 Å². The van der Waals surface area contributed by atoms with Crippen molar-refractivity contribution in [1.82, 2.24) is 14.9 Å². The average Bonchev–Trinajstić information content (AvgIpc) is 3.02. The van der Waals surface area contributed by atoms with Crippen molar-refractivity contribution in [1.29, 1.82) is 0 Å². The van der Waals surface area contributed by atoms with E-state index in [2.05, 4.69) is 31.2 Å². The normalized spacial score (nSPS) is 11.5. The van der Waals surface area contributed by atoms with Gasteiger partial charge in [-0.15, -0.1) is 0 Å². The van der Waals surface area contributed by atoms with Gasteiger partial charge in [0, 0.05) is 16.5 Å². The second kappa shape index (κ2) is 7.65. The largest absolute Gasteiger partial charge is 0.507 e. The number of hydrogen-bond acceptors (Lipinski definition) is 4. The summed E-state index contributed by atoms with van der Waals surface area (Å²) in [7, 11) is 0. The Balaban J connectivity index is 1.72. The molecule has 0 fully saturated rings. The summed E-state index contributed by atoms with van der Waals surface area (Å²) in [6.07, 6.45) is 1.99. The first kappa shape index (κ1) is 18.5. The SMILES string of the molecule is Oc1ccc2cc(Br)ccc2c1/C=N\n1c(Cc2ccc(F)cc2)n[nH]c1=S. The standard InChI is InChI=1S/C20H14BrFN4OS/c21-14-4-7-16-13(10-14)3-8-18(27)17(16)11-23-26-19(24-25-20(26)28)9-12-1-5-15(22)6-2-12/h1-8,10-11,27H,9H2,(H,25,28)/b23-11-. The summed E-state index contributed by atoms with van der Waals surface area (Å²) in [5.41, 5.74) is 1.46. The van der Waals surface area contributed by atoms with Crippen LogP contribution in [-0.2, 0) is 6.42 Å². The summed E-state index contributed by atoms with van der Waals surface area (Å²) in [4.78, 5) is 0. The molecule has 0 aliphatic heterocycles. The van der Waals surface area contributed by atoms with Gasteiger partial charge in [-0.3, -0.25) is 5.10 Å². The van der Waals surface area contributed by atoms with Crippen LogP contribution in [0.1, 0.15) is 17.0 Å².